The number of methoxy groups -OCH3 is 1. The van der Waals surface area contributed by atoms with Crippen LogP contribution in [-0.4, -0.2) is 79.1 Å². The number of aromatic nitrogens is 2. The van der Waals surface area contributed by atoms with Crippen molar-refractivity contribution in [2.45, 2.75) is 62.6 Å². The Labute approximate surface area is 280 Å². The molecule has 3 aromatic carbocycles. The Kier molecular flexibility index (Phi) is 8.04. The first-order valence-corrected chi connectivity index (χ1v) is 19.7. The van der Waals surface area contributed by atoms with Gasteiger partial charge >= 0.3 is 0 Å². The van der Waals surface area contributed by atoms with Crippen molar-refractivity contribution < 1.29 is 24.2 Å². The van der Waals surface area contributed by atoms with Crippen LogP contribution in [0.4, 0.5) is 5.69 Å². The molecule has 0 bridgehead atoms. The van der Waals surface area contributed by atoms with Gasteiger partial charge in [-0.3, -0.25) is 14.4 Å². The molecule has 5 atom stereocenters. The van der Waals surface area contributed by atoms with Crippen LogP contribution in [0.15, 0.2) is 77.7 Å². The van der Waals surface area contributed by atoms with E-state index in [4.69, 9.17) is 9.47 Å². The van der Waals surface area contributed by atoms with Crippen LogP contribution >= 0.6 is 0 Å². The summed E-state index contributed by atoms with van der Waals surface area (Å²) < 4.78 is 13.9. The molecular weight excluding hydrogens is 625 g/mol. The van der Waals surface area contributed by atoms with Gasteiger partial charge in [-0.25, -0.2) is 0 Å². The van der Waals surface area contributed by atoms with Crippen molar-refractivity contribution in [1.29, 1.82) is 0 Å². The second kappa shape index (κ2) is 12.0. The van der Waals surface area contributed by atoms with Gasteiger partial charge in [0.25, 0.3) is 11.5 Å². The molecule has 0 radical (unpaired) electrons. The molecular formula is C37H42N4O6Si. The summed E-state index contributed by atoms with van der Waals surface area (Å²) in [7, 11) is 0.932. The number of rotatable bonds is 7. The van der Waals surface area contributed by atoms with Crippen molar-refractivity contribution in [2.24, 2.45) is 5.92 Å². The highest BCUT2D eigenvalue weighted by Crippen LogP contribution is 2.60. The normalized spacial score (nSPS) is 25.3. The molecule has 11 heteroatoms. The van der Waals surface area contributed by atoms with Gasteiger partial charge in [0.2, 0.25) is 5.91 Å². The number of likely N-dealkylation sites (tertiary alicyclic amines) is 1. The molecule has 3 aliphatic rings. The van der Waals surface area contributed by atoms with Crippen LogP contribution in [0.1, 0.15) is 31.7 Å². The molecule has 48 heavy (non-hydrogen) atoms. The Morgan fingerprint density at radius 2 is 1.85 bits per heavy atom. The smallest absolute Gasteiger partial charge is 0.279 e. The first-order valence-electron chi connectivity index (χ1n) is 16.7. The number of carbonyl (C=O) groups is 2. The van der Waals surface area contributed by atoms with Crippen LogP contribution in [0.5, 0.6) is 5.75 Å². The van der Waals surface area contributed by atoms with E-state index in [0.717, 1.165) is 24.0 Å². The Morgan fingerprint density at radius 1 is 1.10 bits per heavy atom. The summed E-state index contributed by atoms with van der Waals surface area (Å²) in [6.45, 7) is 7.16. The molecule has 4 heterocycles. The van der Waals surface area contributed by atoms with E-state index in [2.05, 4.69) is 37.2 Å². The maximum absolute atomic E-state index is 14.6. The molecule has 2 amide bonds. The number of benzene rings is 3. The van der Waals surface area contributed by atoms with Crippen LogP contribution in [0, 0.1) is 5.92 Å². The van der Waals surface area contributed by atoms with Gasteiger partial charge in [0.1, 0.15) is 5.75 Å². The number of hydrogen-bond acceptors (Lipinski definition) is 7. The lowest BCUT2D eigenvalue weighted by atomic mass is 9.82. The lowest BCUT2D eigenvalue weighted by Crippen LogP contribution is -2.52. The topological polar surface area (TPSA) is 114 Å². The molecule has 1 aromatic heterocycles. The first-order chi connectivity index (χ1) is 23.0. The number of aliphatic hydroxyl groups is 1. The minimum absolute atomic E-state index is 0.0648. The van der Waals surface area contributed by atoms with Gasteiger partial charge in [0.05, 0.1) is 63.3 Å². The Morgan fingerprint density at radius 3 is 2.58 bits per heavy atom. The highest BCUT2D eigenvalue weighted by atomic mass is 28.3. The molecule has 1 N–H and O–H groups in total. The molecule has 250 valence electrons. The van der Waals surface area contributed by atoms with Crippen molar-refractivity contribution in [1.82, 2.24) is 14.7 Å². The third kappa shape index (κ3) is 4.81. The van der Waals surface area contributed by atoms with Crippen LogP contribution in [0.3, 0.4) is 0 Å². The van der Waals surface area contributed by atoms with Crippen molar-refractivity contribution in [3.05, 3.63) is 88.8 Å². The SMILES string of the molecule is COc1ccc([Si](C)(C)[C@H]2[C@H](CC(=O)N3CCC[C@H]3CO)O[C@@]3(C(=O)N(C)c4ccc(-n5ncc6ccccc6c5=O)cc43)[C@@H]2C)cc1. The molecule has 10 nitrogen and oxygen atoms in total. The van der Waals surface area contributed by atoms with Crippen molar-refractivity contribution in [3.8, 4) is 11.4 Å². The number of aliphatic hydroxyl groups excluding tert-OH is 1. The molecule has 3 aliphatic heterocycles. The lowest BCUT2D eigenvalue weighted by Gasteiger charge is -2.37. The summed E-state index contributed by atoms with van der Waals surface area (Å²) in [6, 6.07) is 20.8. The predicted molar refractivity (Wildman–Crippen MR) is 187 cm³/mol. The van der Waals surface area contributed by atoms with Gasteiger partial charge in [0.15, 0.2) is 5.60 Å². The Bertz CT molecular complexity index is 1960. The van der Waals surface area contributed by atoms with Crippen LogP contribution in [-0.2, 0) is 19.9 Å². The number of likely N-dealkylation sites (N-methyl/N-ethyl adjacent to an activating group) is 1. The molecule has 0 saturated carbocycles. The molecule has 2 fully saturated rings. The standard InChI is InChI=1S/C37H42N4O6Si/c1-23-34(48(4,5)28-15-13-27(46-3)14-16-28)32(20-33(43)40-18-8-10-26(40)22-42)47-37(23)30-19-25(12-17-31(30)39(2)36(37)45)41-35(44)29-11-7-6-9-24(29)21-38-41/h6-7,9,11-17,19,21,23,26,32,34,42H,8,10,18,20,22H2,1-5H3/t23-,26+,32+,34-,37+/m1/s1. The molecule has 7 rings (SSSR count). The second-order valence-electron chi connectivity index (χ2n) is 13.9. The maximum atomic E-state index is 14.6. The predicted octanol–water partition coefficient (Wildman–Crippen LogP) is 3.96. The zero-order valence-corrected chi connectivity index (χ0v) is 29.1. The second-order valence-corrected chi connectivity index (χ2v) is 18.6. The summed E-state index contributed by atoms with van der Waals surface area (Å²) >= 11 is 0. The Balaban J connectivity index is 1.35. The summed E-state index contributed by atoms with van der Waals surface area (Å²) in [5.74, 6) is 0.206. The van der Waals surface area contributed by atoms with Crippen LogP contribution in [0.25, 0.3) is 16.5 Å². The summed E-state index contributed by atoms with van der Waals surface area (Å²) in [6.07, 6.45) is 2.84. The van der Waals surface area contributed by atoms with E-state index < -0.39 is 19.8 Å². The highest BCUT2D eigenvalue weighted by Gasteiger charge is 2.66. The number of amides is 2. The quantitative estimate of drug-likeness (QED) is 0.297. The van der Waals surface area contributed by atoms with Crippen LogP contribution in [0.2, 0.25) is 18.6 Å². The molecule has 0 unspecified atom stereocenters. The third-order valence-electron chi connectivity index (χ3n) is 11.2. The minimum Gasteiger partial charge on any atom is -0.497 e. The molecule has 4 aromatic rings. The number of ether oxygens (including phenoxy) is 2. The van der Waals surface area contributed by atoms with E-state index in [1.807, 2.05) is 42.5 Å². The summed E-state index contributed by atoms with van der Waals surface area (Å²) in [5, 5.41) is 17.0. The monoisotopic (exact) mass is 666 g/mol. The van der Waals surface area contributed by atoms with E-state index in [-0.39, 0.29) is 47.9 Å². The van der Waals surface area contributed by atoms with E-state index in [1.165, 1.54) is 9.87 Å². The zero-order valence-electron chi connectivity index (χ0n) is 28.1. The number of anilines is 1. The molecule has 2 saturated heterocycles. The molecule has 1 spiro atoms. The fraction of sp³-hybridized carbons (Fsp3) is 0.405. The number of nitrogens with zero attached hydrogens (tertiary/aromatic N) is 4. The zero-order chi connectivity index (χ0) is 34.0. The maximum Gasteiger partial charge on any atom is 0.279 e. The fourth-order valence-electron chi connectivity index (χ4n) is 8.66. The number of fused-ring (bicyclic) bond motifs is 3. The lowest BCUT2D eigenvalue weighted by molar-refractivity contribution is -0.149. The average Bonchev–Trinajstić information content (AvgIpc) is 3.75. The van der Waals surface area contributed by atoms with Gasteiger partial charge in [-0.2, -0.15) is 9.78 Å². The fourth-order valence-corrected chi connectivity index (χ4v) is 12.7. The first kappa shape index (κ1) is 32.2. The van der Waals surface area contributed by atoms with Gasteiger partial charge in [0, 0.05) is 30.5 Å². The average molecular weight is 667 g/mol. The molecule has 0 aliphatic carbocycles. The highest BCUT2D eigenvalue weighted by molar-refractivity contribution is 6.91. The van der Waals surface area contributed by atoms with E-state index >= 15 is 0 Å². The van der Waals surface area contributed by atoms with Crippen molar-refractivity contribution in [3.63, 3.8) is 0 Å². The number of hydrogen-bond donors (Lipinski definition) is 1. The summed E-state index contributed by atoms with van der Waals surface area (Å²) in [5.41, 5.74) is 0.175. The van der Waals surface area contributed by atoms with E-state index in [1.54, 1.807) is 42.3 Å². The van der Waals surface area contributed by atoms with E-state index in [9.17, 15) is 19.5 Å². The summed E-state index contributed by atoms with van der Waals surface area (Å²) in [4.78, 5) is 45.5. The van der Waals surface area contributed by atoms with Gasteiger partial charge < -0.3 is 24.4 Å². The van der Waals surface area contributed by atoms with E-state index in [0.29, 0.717) is 28.9 Å². The largest absolute Gasteiger partial charge is 0.497 e. The van der Waals surface area contributed by atoms with Crippen molar-refractivity contribution >= 4 is 41.5 Å². The van der Waals surface area contributed by atoms with Gasteiger partial charge in [-0.05, 0) is 54.8 Å². The van der Waals surface area contributed by atoms with Crippen LogP contribution < -0.4 is 20.4 Å². The van der Waals surface area contributed by atoms with Gasteiger partial charge in [-0.15, -0.1) is 0 Å². The minimum atomic E-state index is -2.46. The van der Waals surface area contributed by atoms with Crippen molar-refractivity contribution in [2.75, 3.05) is 32.2 Å². The third-order valence-corrected chi connectivity index (χ3v) is 15.5. The number of carbonyl (C=O) groups excluding carboxylic acids is 2. The Hall–Kier alpha value is -4.32. The van der Waals surface area contributed by atoms with Gasteiger partial charge in [-0.1, -0.05) is 55.5 Å².